The fourth-order valence-corrected chi connectivity index (χ4v) is 2.17. The molecular weight excluding hydrogens is 232 g/mol. The lowest BCUT2D eigenvalue weighted by atomic mass is 10.0. The lowest BCUT2D eigenvalue weighted by Crippen LogP contribution is -2.49. The molecule has 1 fully saturated rings. The first-order chi connectivity index (χ1) is 8.66. The summed E-state index contributed by atoms with van der Waals surface area (Å²) in [6.45, 7) is 7.49. The number of carbonyl (C=O) groups excluding carboxylic acids is 1. The third-order valence-corrected chi connectivity index (χ3v) is 3.16. The first-order valence-corrected chi connectivity index (χ1v) is 6.75. The van der Waals surface area contributed by atoms with Crippen LogP contribution in [0.4, 0.5) is 0 Å². The molecule has 5 nitrogen and oxygen atoms in total. The van der Waals surface area contributed by atoms with Crippen LogP contribution in [0, 0.1) is 5.92 Å². The second-order valence-electron chi connectivity index (χ2n) is 5.02. The van der Waals surface area contributed by atoms with Crippen molar-refractivity contribution in [2.75, 3.05) is 40.1 Å². The zero-order valence-corrected chi connectivity index (χ0v) is 11.8. The molecule has 1 N–H and O–H groups in total. The Hall–Kier alpha value is -0.650. The molecule has 1 heterocycles. The van der Waals surface area contributed by atoms with Crippen LogP contribution in [0.1, 0.15) is 26.7 Å². The van der Waals surface area contributed by atoms with Crippen LogP contribution < -0.4 is 5.32 Å². The summed E-state index contributed by atoms with van der Waals surface area (Å²) in [5.41, 5.74) is 0. The Kier molecular flexibility index (Phi) is 7.23. The first kappa shape index (κ1) is 15.4. The van der Waals surface area contributed by atoms with Crippen LogP contribution in [-0.2, 0) is 14.3 Å². The quantitative estimate of drug-likeness (QED) is 0.518. The van der Waals surface area contributed by atoms with Crippen molar-refractivity contribution in [2.24, 2.45) is 5.92 Å². The SMILES string of the molecule is COCOCCNC(C(=O)N1CCCC1)C(C)C. The van der Waals surface area contributed by atoms with Gasteiger partial charge in [-0.05, 0) is 18.8 Å². The summed E-state index contributed by atoms with van der Waals surface area (Å²) < 4.78 is 10.0. The van der Waals surface area contributed by atoms with Crippen molar-refractivity contribution in [1.82, 2.24) is 10.2 Å². The van der Waals surface area contributed by atoms with E-state index in [1.54, 1.807) is 7.11 Å². The Morgan fingerprint density at radius 2 is 2.00 bits per heavy atom. The zero-order chi connectivity index (χ0) is 13.4. The molecule has 1 saturated heterocycles. The number of nitrogens with one attached hydrogen (secondary N) is 1. The van der Waals surface area contributed by atoms with E-state index in [-0.39, 0.29) is 11.9 Å². The molecule has 1 unspecified atom stereocenters. The van der Waals surface area contributed by atoms with E-state index in [0.717, 1.165) is 25.9 Å². The minimum absolute atomic E-state index is 0.103. The number of rotatable bonds is 8. The van der Waals surface area contributed by atoms with Crippen molar-refractivity contribution in [3.05, 3.63) is 0 Å². The summed E-state index contributed by atoms with van der Waals surface area (Å²) in [7, 11) is 1.60. The molecule has 5 heteroatoms. The van der Waals surface area contributed by atoms with Gasteiger partial charge in [-0.15, -0.1) is 0 Å². The molecule has 0 aromatic heterocycles. The lowest BCUT2D eigenvalue weighted by Gasteiger charge is -2.26. The first-order valence-electron chi connectivity index (χ1n) is 6.75. The Balaban J connectivity index is 2.32. The highest BCUT2D eigenvalue weighted by Crippen LogP contribution is 2.12. The highest BCUT2D eigenvalue weighted by atomic mass is 16.7. The number of hydrogen-bond acceptors (Lipinski definition) is 4. The van der Waals surface area contributed by atoms with Crippen LogP contribution in [-0.4, -0.2) is 57.0 Å². The summed E-state index contributed by atoms with van der Waals surface area (Å²) >= 11 is 0. The third kappa shape index (κ3) is 4.92. The average molecular weight is 258 g/mol. The largest absolute Gasteiger partial charge is 0.359 e. The van der Waals surface area contributed by atoms with Gasteiger partial charge in [-0.3, -0.25) is 4.79 Å². The number of methoxy groups -OCH3 is 1. The van der Waals surface area contributed by atoms with E-state index in [0.29, 0.717) is 25.9 Å². The number of likely N-dealkylation sites (tertiary alicyclic amines) is 1. The molecule has 18 heavy (non-hydrogen) atoms. The molecule has 0 aromatic rings. The van der Waals surface area contributed by atoms with Gasteiger partial charge in [-0.2, -0.15) is 0 Å². The predicted octanol–water partition coefficient (Wildman–Crippen LogP) is 0.844. The van der Waals surface area contributed by atoms with Crippen molar-refractivity contribution < 1.29 is 14.3 Å². The van der Waals surface area contributed by atoms with Crippen LogP contribution in [0.15, 0.2) is 0 Å². The van der Waals surface area contributed by atoms with Crippen molar-refractivity contribution in [3.8, 4) is 0 Å². The van der Waals surface area contributed by atoms with Gasteiger partial charge in [0.05, 0.1) is 12.6 Å². The molecule has 0 aliphatic carbocycles. The highest BCUT2D eigenvalue weighted by Gasteiger charge is 2.27. The van der Waals surface area contributed by atoms with Crippen LogP contribution in [0.3, 0.4) is 0 Å². The van der Waals surface area contributed by atoms with Gasteiger partial charge < -0.3 is 19.7 Å². The van der Waals surface area contributed by atoms with Crippen molar-refractivity contribution in [2.45, 2.75) is 32.7 Å². The summed E-state index contributed by atoms with van der Waals surface area (Å²) in [6, 6.07) is -0.103. The maximum absolute atomic E-state index is 12.3. The molecule has 0 radical (unpaired) electrons. The molecule has 0 saturated carbocycles. The van der Waals surface area contributed by atoms with E-state index in [2.05, 4.69) is 19.2 Å². The number of carbonyl (C=O) groups is 1. The van der Waals surface area contributed by atoms with E-state index < -0.39 is 0 Å². The Morgan fingerprint density at radius 1 is 1.33 bits per heavy atom. The van der Waals surface area contributed by atoms with Gasteiger partial charge in [0.25, 0.3) is 0 Å². The second-order valence-corrected chi connectivity index (χ2v) is 5.02. The monoisotopic (exact) mass is 258 g/mol. The van der Waals surface area contributed by atoms with Gasteiger partial charge in [0, 0.05) is 26.7 Å². The average Bonchev–Trinajstić information content (AvgIpc) is 2.86. The van der Waals surface area contributed by atoms with Gasteiger partial charge in [0.1, 0.15) is 6.79 Å². The van der Waals surface area contributed by atoms with Gasteiger partial charge >= 0.3 is 0 Å². The summed E-state index contributed by atoms with van der Waals surface area (Å²) in [5, 5.41) is 3.28. The van der Waals surface area contributed by atoms with Crippen LogP contribution in [0.2, 0.25) is 0 Å². The maximum Gasteiger partial charge on any atom is 0.239 e. The summed E-state index contributed by atoms with van der Waals surface area (Å²) in [4.78, 5) is 14.3. The fourth-order valence-electron chi connectivity index (χ4n) is 2.17. The molecule has 1 rings (SSSR count). The molecule has 1 amide bonds. The predicted molar refractivity (Wildman–Crippen MR) is 70.3 cm³/mol. The molecule has 106 valence electrons. The van der Waals surface area contributed by atoms with E-state index in [4.69, 9.17) is 9.47 Å². The Morgan fingerprint density at radius 3 is 2.56 bits per heavy atom. The summed E-state index contributed by atoms with van der Waals surface area (Å²) in [5.74, 6) is 0.523. The van der Waals surface area contributed by atoms with Crippen molar-refractivity contribution in [1.29, 1.82) is 0 Å². The third-order valence-electron chi connectivity index (χ3n) is 3.16. The standard InChI is InChI=1S/C13H26N2O3/c1-11(2)12(14-6-9-18-10-17-3)13(16)15-7-4-5-8-15/h11-12,14H,4-10H2,1-3H3. The Bertz CT molecular complexity index is 240. The smallest absolute Gasteiger partial charge is 0.239 e. The number of ether oxygens (including phenoxy) is 2. The van der Waals surface area contributed by atoms with Crippen molar-refractivity contribution in [3.63, 3.8) is 0 Å². The fraction of sp³-hybridized carbons (Fsp3) is 0.923. The zero-order valence-electron chi connectivity index (χ0n) is 11.8. The minimum atomic E-state index is -0.103. The molecule has 1 atom stereocenters. The van der Waals surface area contributed by atoms with E-state index in [1.807, 2.05) is 4.90 Å². The molecule has 0 bridgehead atoms. The second kappa shape index (κ2) is 8.45. The minimum Gasteiger partial charge on any atom is -0.359 e. The van der Waals surface area contributed by atoms with E-state index >= 15 is 0 Å². The number of nitrogens with zero attached hydrogens (tertiary/aromatic N) is 1. The van der Waals surface area contributed by atoms with E-state index in [9.17, 15) is 4.79 Å². The molecule has 0 aromatic carbocycles. The van der Waals surface area contributed by atoms with E-state index in [1.165, 1.54) is 0 Å². The van der Waals surface area contributed by atoms with Crippen LogP contribution >= 0.6 is 0 Å². The van der Waals surface area contributed by atoms with Gasteiger partial charge in [-0.1, -0.05) is 13.8 Å². The van der Waals surface area contributed by atoms with Crippen LogP contribution in [0.5, 0.6) is 0 Å². The lowest BCUT2D eigenvalue weighted by molar-refractivity contribution is -0.133. The number of hydrogen-bond donors (Lipinski definition) is 1. The van der Waals surface area contributed by atoms with Crippen LogP contribution in [0.25, 0.3) is 0 Å². The normalized spacial score (nSPS) is 17.4. The molecule has 1 aliphatic rings. The molecular formula is C13H26N2O3. The molecule has 1 aliphatic heterocycles. The van der Waals surface area contributed by atoms with Gasteiger partial charge in [0.15, 0.2) is 0 Å². The highest BCUT2D eigenvalue weighted by molar-refractivity contribution is 5.82. The molecule has 0 spiro atoms. The van der Waals surface area contributed by atoms with Gasteiger partial charge in [-0.25, -0.2) is 0 Å². The Labute approximate surface area is 110 Å². The van der Waals surface area contributed by atoms with Gasteiger partial charge in [0.2, 0.25) is 5.91 Å². The topological polar surface area (TPSA) is 50.8 Å². The number of amides is 1. The summed E-state index contributed by atoms with van der Waals surface area (Å²) in [6.07, 6.45) is 2.26. The maximum atomic E-state index is 12.3. The van der Waals surface area contributed by atoms with Crippen molar-refractivity contribution >= 4 is 5.91 Å².